The minimum atomic E-state index is -0.987. The van der Waals surface area contributed by atoms with E-state index in [0.29, 0.717) is 21.7 Å². The maximum atomic E-state index is 13.7. The number of imidazole rings is 1. The maximum absolute atomic E-state index is 13.7. The van der Waals surface area contributed by atoms with Crippen LogP contribution >= 0.6 is 11.6 Å². The number of fused-ring (bicyclic) bond motifs is 1. The summed E-state index contributed by atoms with van der Waals surface area (Å²) < 4.78 is 4.49. The molecule has 1 fully saturated rings. The molecule has 2 heterocycles. The highest BCUT2D eigenvalue weighted by molar-refractivity contribution is 6.30. The molecule has 5 rings (SSSR count). The minimum absolute atomic E-state index is 0.163. The van der Waals surface area contributed by atoms with Crippen molar-refractivity contribution in [1.29, 1.82) is 0 Å². The molecule has 1 saturated carbocycles. The summed E-state index contributed by atoms with van der Waals surface area (Å²) in [5.41, 5.74) is 0.994. The van der Waals surface area contributed by atoms with Gasteiger partial charge in [-0.1, -0.05) is 54.8 Å². The Bertz CT molecular complexity index is 1460. The van der Waals surface area contributed by atoms with Crippen LogP contribution in [-0.2, 0) is 6.54 Å². The van der Waals surface area contributed by atoms with E-state index in [1.54, 1.807) is 37.5 Å². The Morgan fingerprint density at radius 1 is 1.06 bits per heavy atom. The van der Waals surface area contributed by atoms with Gasteiger partial charge in [0, 0.05) is 16.6 Å². The monoisotopic (exact) mass is 476 g/mol. The van der Waals surface area contributed by atoms with Crippen molar-refractivity contribution in [2.75, 3.05) is 0 Å². The largest absolute Gasteiger partial charge is 0.333 e. The lowest BCUT2D eigenvalue weighted by molar-refractivity contribution is 0.0930. The van der Waals surface area contributed by atoms with E-state index in [2.05, 4.69) is 4.98 Å². The molecule has 7 nitrogen and oxygen atoms in total. The van der Waals surface area contributed by atoms with E-state index >= 15 is 0 Å². The van der Waals surface area contributed by atoms with Gasteiger partial charge < -0.3 is 4.57 Å². The number of ketones is 1. The van der Waals surface area contributed by atoms with E-state index in [1.165, 1.54) is 4.57 Å². The average Bonchev–Trinajstić information content (AvgIpc) is 3.53. The summed E-state index contributed by atoms with van der Waals surface area (Å²) in [6, 6.07) is 15.2. The SMILES string of the molecule is C[C@H](C(=O)c1ccc(Cl)cc1)n1c(=O)c2c(ncn2C2CCCC2)n(Cc2ccccc2)c1=O. The Morgan fingerprint density at radius 2 is 1.74 bits per heavy atom. The summed E-state index contributed by atoms with van der Waals surface area (Å²) in [7, 11) is 0. The van der Waals surface area contributed by atoms with Gasteiger partial charge in [0.05, 0.1) is 12.9 Å². The lowest BCUT2D eigenvalue weighted by Gasteiger charge is -2.18. The van der Waals surface area contributed by atoms with Crippen molar-refractivity contribution >= 4 is 28.5 Å². The van der Waals surface area contributed by atoms with E-state index in [0.717, 1.165) is 35.8 Å². The Morgan fingerprint density at radius 3 is 2.41 bits per heavy atom. The zero-order chi connectivity index (χ0) is 23.8. The molecule has 1 aliphatic rings. The third-order valence-electron chi connectivity index (χ3n) is 6.69. The molecule has 0 aliphatic heterocycles. The van der Waals surface area contributed by atoms with E-state index in [1.807, 2.05) is 34.9 Å². The van der Waals surface area contributed by atoms with Crippen LogP contribution in [0.5, 0.6) is 0 Å². The number of hydrogen-bond donors (Lipinski definition) is 0. The minimum Gasteiger partial charge on any atom is -0.322 e. The molecule has 2 aromatic carbocycles. The first kappa shape index (κ1) is 22.3. The lowest BCUT2D eigenvalue weighted by atomic mass is 10.1. The zero-order valence-electron chi connectivity index (χ0n) is 18.9. The maximum Gasteiger partial charge on any atom is 0.333 e. The summed E-state index contributed by atoms with van der Waals surface area (Å²) in [6.07, 6.45) is 5.77. The van der Waals surface area contributed by atoms with Crippen LogP contribution in [-0.4, -0.2) is 24.5 Å². The molecule has 1 aliphatic carbocycles. The third kappa shape index (κ3) is 3.90. The standard InChI is InChI=1S/C26H25ClN4O3/c1-17(23(32)19-11-13-20(27)14-12-19)31-25(33)22-24(28-16-30(22)21-9-5-6-10-21)29(26(31)34)15-18-7-3-2-4-8-18/h2-4,7-8,11-14,16-17,21H,5-6,9-10,15H2,1H3/t17-/m1/s1. The van der Waals surface area contributed by atoms with Gasteiger partial charge in [0.25, 0.3) is 5.56 Å². The van der Waals surface area contributed by atoms with Gasteiger partial charge in [-0.3, -0.25) is 14.2 Å². The van der Waals surface area contributed by atoms with Crippen molar-refractivity contribution in [3.63, 3.8) is 0 Å². The third-order valence-corrected chi connectivity index (χ3v) is 6.94. The van der Waals surface area contributed by atoms with Crippen molar-refractivity contribution in [2.24, 2.45) is 0 Å². The quantitative estimate of drug-likeness (QED) is 0.380. The number of Topliss-reactive ketones (excluding diaryl/α,β-unsaturated/α-hetero) is 1. The van der Waals surface area contributed by atoms with Crippen LogP contribution in [0.2, 0.25) is 5.02 Å². The number of hydrogen-bond acceptors (Lipinski definition) is 4. The first-order chi connectivity index (χ1) is 16.5. The van der Waals surface area contributed by atoms with E-state index in [-0.39, 0.29) is 18.4 Å². The van der Waals surface area contributed by atoms with Crippen LogP contribution in [0.4, 0.5) is 0 Å². The van der Waals surface area contributed by atoms with Crippen LogP contribution in [0.15, 0.2) is 70.5 Å². The van der Waals surface area contributed by atoms with Crippen molar-refractivity contribution in [2.45, 2.75) is 51.2 Å². The highest BCUT2D eigenvalue weighted by Gasteiger charge is 2.28. The van der Waals surface area contributed by atoms with Gasteiger partial charge in [0.15, 0.2) is 16.9 Å². The molecule has 1 atom stereocenters. The fourth-order valence-electron chi connectivity index (χ4n) is 4.86. The first-order valence-corrected chi connectivity index (χ1v) is 11.9. The normalized spacial score (nSPS) is 15.1. The van der Waals surface area contributed by atoms with Crippen LogP contribution in [0.1, 0.15) is 60.6 Å². The molecule has 0 unspecified atom stereocenters. The van der Waals surface area contributed by atoms with Crippen molar-refractivity contribution in [3.05, 3.63) is 97.9 Å². The summed E-state index contributed by atoms with van der Waals surface area (Å²) in [5, 5.41) is 0.508. The average molecular weight is 477 g/mol. The summed E-state index contributed by atoms with van der Waals surface area (Å²) >= 11 is 5.96. The molecular weight excluding hydrogens is 452 g/mol. The highest BCUT2D eigenvalue weighted by atomic mass is 35.5. The topological polar surface area (TPSA) is 78.9 Å². The van der Waals surface area contributed by atoms with Crippen molar-refractivity contribution in [3.8, 4) is 0 Å². The second-order valence-corrected chi connectivity index (χ2v) is 9.28. The Balaban J connectivity index is 1.71. The molecule has 0 saturated heterocycles. The van der Waals surface area contributed by atoms with Gasteiger partial charge in [-0.15, -0.1) is 0 Å². The number of nitrogens with zero attached hydrogens (tertiary/aromatic N) is 4. The van der Waals surface area contributed by atoms with Gasteiger partial charge >= 0.3 is 5.69 Å². The molecule has 8 heteroatoms. The second-order valence-electron chi connectivity index (χ2n) is 8.84. The lowest BCUT2D eigenvalue weighted by Crippen LogP contribution is -2.44. The molecule has 0 radical (unpaired) electrons. The number of carbonyl (C=O) groups is 1. The summed E-state index contributed by atoms with van der Waals surface area (Å²) in [6.45, 7) is 1.84. The molecule has 0 N–H and O–H groups in total. The predicted molar refractivity (Wildman–Crippen MR) is 132 cm³/mol. The van der Waals surface area contributed by atoms with Gasteiger partial charge in [-0.2, -0.15) is 0 Å². The smallest absolute Gasteiger partial charge is 0.322 e. The molecular formula is C26H25ClN4O3. The Kier molecular flexibility index (Phi) is 5.96. The Labute approximate surface area is 201 Å². The van der Waals surface area contributed by atoms with Crippen LogP contribution < -0.4 is 11.2 Å². The van der Waals surface area contributed by atoms with Gasteiger partial charge in [-0.25, -0.2) is 14.3 Å². The number of halogens is 1. The van der Waals surface area contributed by atoms with Crippen LogP contribution in [0.25, 0.3) is 11.2 Å². The zero-order valence-corrected chi connectivity index (χ0v) is 19.6. The molecule has 0 amide bonds. The number of aromatic nitrogens is 4. The molecule has 174 valence electrons. The molecule has 2 aromatic heterocycles. The fourth-order valence-corrected chi connectivity index (χ4v) is 4.98. The molecule has 0 bridgehead atoms. The van der Waals surface area contributed by atoms with Crippen molar-refractivity contribution < 1.29 is 4.79 Å². The summed E-state index contributed by atoms with van der Waals surface area (Å²) in [5.74, 6) is -0.326. The second kappa shape index (κ2) is 9.06. The van der Waals surface area contributed by atoms with E-state index in [9.17, 15) is 14.4 Å². The first-order valence-electron chi connectivity index (χ1n) is 11.5. The van der Waals surface area contributed by atoms with Gasteiger partial charge in [-0.05, 0) is 49.6 Å². The van der Waals surface area contributed by atoms with E-state index in [4.69, 9.17) is 11.6 Å². The number of benzene rings is 2. The predicted octanol–water partition coefficient (Wildman–Crippen LogP) is 4.62. The Hall–Kier alpha value is -3.45. The van der Waals surface area contributed by atoms with Crippen LogP contribution in [0.3, 0.4) is 0 Å². The molecule has 34 heavy (non-hydrogen) atoms. The van der Waals surface area contributed by atoms with Crippen LogP contribution in [0, 0.1) is 0 Å². The fraction of sp³-hybridized carbons (Fsp3) is 0.308. The van der Waals surface area contributed by atoms with Crippen molar-refractivity contribution in [1.82, 2.24) is 18.7 Å². The van der Waals surface area contributed by atoms with Gasteiger partial charge in [0.2, 0.25) is 0 Å². The summed E-state index contributed by atoms with van der Waals surface area (Å²) in [4.78, 5) is 45.2. The highest BCUT2D eigenvalue weighted by Crippen LogP contribution is 2.31. The number of carbonyl (C=O) groups excluding carboxylic acids is 1. The molecule has 4 aromatic rings. The number of rotatable bonds is 6. The molecule has 0 spiro atoms. The van der Waals surface area contributed by atoms with Gasteiger partial charge in [0.1, 0.15) is 6.04 Å². The van der Waals surface area contributed by atoms with E-state index < -0.39 is 17.3 Å².